The molecule has 0 radical (unpaired) electrons. The van der Waals surface area contributed by atoms with E-state index in [1.54, 1.807) is 17.1 Å². The molecule has 0 aromatic carbocycles. The number of H-pyrrole nitrogens is 1. The second kappa shape index (κ2) is 4.73. The Morgan fingerprint density at radius 1 is 1.15 bits per heavy atom. The molecule has 0 aliphatic carbocycles. The first-order valence-electron chi connectivity index (χ1n) is 6.19. The molecule has 0 fully saturated rings. The lowest BCUT2D eigenvalue weighted by Gasteiger charge is -2.05. The molecule has 0 atom stereocenters. The topological polar surface area (TPSA) is 76.5 Å². The standard InChI is InChI=1S/C14H13N5O/c1-9-7-10(2)19(18-9)14-16-12(8-13(20)17-14)11-3-5-15-6-4-11/h3-8H,1-2H3,(H,16,17,20). The summed E-state index contributed by atoms with van der Waals surface area (Å²) >= 11 is 0. The van der Waals surface area contributed by atoms with Crippen LogP contribution in [0.25, 0.3) is 17.2 Å². The Bertz CT molecular complexity index is 804. The van der Waals surface area contributed by atoms with Crippen LogP contribution in [0, 0.1) is 13.8 Å². The fourth-order valence-corrected chi connectivity index (χ4v) is 2.06. The van der Waals surface area contributed by atoms with Crippen LogP contribution in [0.3, 0.4) is 0 Å². The molecule has 20 heavy (non-hydrogen) atoms. The van der Waals surface area contributed by atoms with Gasteiger partial charge in [-0.3, -0.25) is 14.8 Å². The summed E-state index contributed by atoms with van der Waals surface area (Å²) in [6.45, 7) is 3.81. The summed E-state index contributed by atoms with van der Waals surface area (Å²) in [6.07, 6.45) is 3.34. The Hall–Kier alpha value is -2.76. The van der Waals surface area contributed by atoms with Crippen LogP contribution in [0.4, 0.5) is 0 Å². The summed E-state index contributed by atoms with van der Waals surface area (Å²) in [5.41, 5.74) is 3.01. The predicted molar refractivity (Wildman–Crippen MR) is 74.7 cm³/mol. The first-order chi connectivity index (χ1) is 9.63. The summed E-state index contributed by atoms with van der Waals surface area (Å²) in [6, 6.07) is 7.02. The molecule has 0 bridgehead atoms. The van der Waals surface area contributed by atoms with Crippen molar-refractivity contribution in [2.45, 2.75) is 13.8 Å². The Morgan fingerprint density at radius 2 is 1.90 bits per heavy atom. The van der Waals surface area contributed by atoms with Crippen LogP contribution < -0.4 is 5.56 Å². The molecule has 0 spiro atoms. The first-order valence-corrected chi connectivity index (χ1v) is 6.19. The van der Waals surface area contributed by atoms with Gasteiger partial charge in [-0.2, -0.15) is 5.10 Å². The van der Waals surface area contributed by atoms with E-state index in [1.165, 1.54) is 6.07 Å². The van der Waals surface area contributed by atoms with E-state index >= 15 is 0 Å². The van der Waals surface area contributed by atoms with Gasteiger partial charge in [0.1, 0.15) is 0 Å². The molecule has 0 unspecified atom stereocenters. The maximum absolute atomic E-state index is 11.8. The molecule has 3 heterocycles. The van der Waals surface area contributed by atoms with Gasteiger partial charge in [0.2, 0.25) is 5.95 Å². The van der Waals surface area contributed by atoms with Gasteiger partial charge in [0, 0.05) is 29.7 Å². The molecule has 100 valence electrons. The van der Waals surface area contributed by atoms with Gasteiger partial charge in [0.25, 0.3) is 5.56 Å². The largest absolute Gasteiger partial charge is 0.291 e. The van der Waals surface area contributed by atoms with Crippen LogP contribution in [-0.4, -0.2) is 24.7 Å². The average molecular weight is 267 g/mol. The molecule has 6 nitrogen and oxygen atoms in total. The van der Waals surface area contributed by atoms with E-state index in [2.05, 4.69) is 20.1 Å². The van der Waals surface area contributed by atoms with E-state index < -0.39 is 0 Å². The normalized spacial score (nSPS) is 10.7. The third-order valence-electron chi connectivity index (χ3n) is 2.92. The summed E-state index contributed by atoms with van der Waals surface area (Å²) in [7, 11) is 0. The van der Waals surface area contributed by atoms with Crippen molar-refractivity contribution < 1.29 is 0 Å². The van der Waals surface area contributed by atoms with E-state index in [0.29, 0.717) is 11.6 Å². The first kappa shape index (κ1) is 12.3. The number of aromatic amines is 1. The van der Waals surface area contributed by atoms with E-state index in [-0.39, 0.29) is 5.56 Å². The van der Waals surface area contributed by atoms with Gasteiger partial charge in [-0.15, -0.1) is 0 Å². The van der Waals surface area contributed by atoms with Crippen molar-refractivity contribution in [3.63, 3.8) is 0 Å². The summed E-state index contributed by atoms with van der Waals surface area (Å²) in [4.78, 5) is 23.0. The number of rotatable bonds is 2. The van der Waals surface area contributed by atoms with Gasteiger partial charge in [0.05, 0.1) is 11.4 Å². The molecule has 0 amide bonds. The highest BCUT2D eigenvalue weighted by molar-refractivity contribution is 5.58. The average Bonchev–Trinajstić information content (AvgIpc) is 2.78. The van der Waals surface area contributed by atoms with Crippen LogP contribution in [0.5, 0.6) is 0 Å². The minimum Gasteiger partial charge on any atom is -0.291 e. The fourth-order valence-electron chi connectivity index (χ4n) is 2.06. The number of aryl methyl sites for hydroxylation is 2. The second-order valence-electron chi connectivity index (χ2n) is 4.53. The molecule has 0 aliphatic heterocycles. The van der Waals surface area contributed by atoms with Crippen molar-refractivity contribution in [1.29, 1.82) is 0 Å². The molecular weight excluding hydrogens is 254 g/mol. The van der Waals surface area contributed by atoms with Crippen molar-refractivity contribution in [1.82, 2.24) is 24.7 Å². The fraction of sp³-hybridized carbons (Fsp3) is 0.143. The Morgan fingerprint density at radius 3 is 2.55 bits per heavy atom. The Balaban J connectivity index is 2.17. The Kier molecular flexibility index (Phi) is 2.90. The van der Waals surface area contributed by atoms with Gasteiger partial charge in [-0.1, -0.05) is 0 Å². The summed E-state index contributed by atoms with van der Waals surface area (Å²) in [5, 5.41) is 4.33. The zero-order valence-corrected chi connectivity index (χ0v) is 11.2. The highest BCUT2D eigenvalue weighted by Crippen LogP contribution is 2.15. The maximum atomic E-state index is 11.8. The molecule has 6 heteroatoms. The lowest BCUT2D eigenvalue weighted by Crippen LogP contribution is -2.14. The zero-order valence-electron chi connectivity index (χ0n) is 11.2. The van der Waals surface area contributed by atoms with Gasteiger partial charge >= 0.3 is 0 Å². The Labute approximate surface area is 115 Å². The quantitative estimate of drug-likeness (QED) is 0.765. The van der Waals surface area contributed by atoms with E-state index in [0.717, 1.165) is 17.0 Å². The third kappa shape index (κ3) is 2.23. The number of hydrogen-bond acceptors (Lipinski definition) is 4. The van der Waals surface area contributed by atoms with Crippen molar-refractivity contribution >= 4 is 0 Å². The molecule has 3 rings (SSSR count). The van der Waals surface area contributed by atoms with Gasteiger partial charge < -0.3 is 0 Å². The van der Waals surface area contributed by atoms with E-state index in [9.17, 15) is 4.79 Å². The van der Waals surface area contributed by atoms with Crippen LogP contribution >= 0.6 is 0 Å². The van der Waals surface area contributed by atoms with Crippen LogP contribution in [0.2, 0.25) is 0 Å². The predicted octanol–water partition coefficient (Wildman–Crippen LogP) is 1.63. The minimum atomic E-state index is -0.214. The number of aromatic nitrogens is 5. The number of hydrogen-bond donors (Lipinski definition) is 1. The smallest absolute Gasteiger partial charge is 0.252 e. The molecule has 0 aliphatic rings. The van der Waals surface area contributed by atoms with Crippen LogP contribution in [0.1, 0.15) is 11.4 Å². The maximum Gasteiger partial charge on any atom is 0.252 e. The zero-order chi connectivity index (χ0) is 14.1. The van der Waals surface area contributed by atoms with Crippen molar-refractivity contribution in [3.05, 3.63) is 58.4 Å². The SMILES string of the molecule is Cc1cc(C)n(-c2nc(-c3ccncc3)cc(=O)[nH]2)n1. The molecule has 0 saturated carbocycles. The lowest BCUT2D eigenvalue weighted by molar-refractivity contribution is 0.770. The molecule has 3 aromatic rings. The molecule has 1 N–H and O–H groups in total. The van der Waals surface area contributed by atoms with Gasteiger partial charge in [-0.25, -0.2) is 9.67 Å². The second-order valence-corrected chi connectivity index (χ2v) is 4.53. The van der Waals surface area contributed by atoms with Crippen LogP contribution in [-0.2, 0) is 0 Å². The molecule has 0 saturated heterocycles. The van der Waals surface area contributed by atoms with Crippen molar-refractivity contribution in [2.24, 2.45) is 0 Å². The molecule has 3 aromatic heterocycles. The number of nitrogens with one attached hydrogen (secondary N) is 1. The monoisotopic (exact) mass is 267 g/mol. The highest BCUT2D eigenvalue weighted by Gasteiger charge is 2.09. The third-order valence-corrected chi connectivity index (χ3v) is 2.92. The summed E-state index contributed by atoms with van der Waals surface area (Å²) < 4.78 is 1.63. The highest BCUT2D eigenvalue weighted by atomic mass is 16.1. The number of pyridine rings is 1. The van der Waals surface area contributed by atoms with Gasteiger partial charge in [-0.05, 0) is 32.0 Å². The van der Waals surface area contributed by atoms with Crippen LogP contribution in [0.15, 0.2) is 41.5 Å². The van der Waals surface area contributed by atoms with Crippen molar-refractivity contribution in [3.8, 4) is 17.2 Å². The van der Waals surface area contributed by atoms with Gasteiger partial charge in [0.15, 0.2) is 0 Å². The van der Waals surface area contributed by atoms with Crippen molar-refractivity contribution in [2.75, 3.05) is 0 Å². The van der Waals surface area contributed by atoms with E-state index in [1.807, 2.05) is 32.0 Å². The molecular formula is C14H13N5O. The lowest BCUT2D eigenvalue weighted by atomic mass is 10.2. The summed E-state index contributed by atoms with van der Waals surface area (Å²) in [5.74, 6) is 0.412. The number of nitrogens with zero attached hydrogens (tertiary/aromatic N) is 4. The van der Waals surface area contributed by atoms with E-state index in [4.69, 9.17) is 0 Å². The minimum absolute atomic E-state index is 0.214.